The van der Waals surface area contributed by atoms with Crippen LogP contribution in [0.4, 0.5) is 0 Å². The molecule has 2 aromatic rings. The lowest BCUT2D eigenvalue weighted by molar-refractivity contribution is 0.0733. The van der Waals surface area contributed by atoms with Crippen LogP contribution in [0.2, 0.25) is 0 Å². The van der Waals surface area contributed by atoms with Crippen LogP contribution in [0, 0.1) is 0 Å². The summed E-state index contributed by atoms with van der Waals surface area (Å²) >= 11 is 0. The first-order valence-corrected chi connectivity index (χ1v) is 6.41. The molecule has 0 atom stereocenters. The van der Waals surface area contributed by atoms with Crippen molar-refractivity contribution in [3.05, 3.63) is 65.2 Å². The van der Waals surface area contributed by atoms with Crippen LogP contribution in [-0.2, 0) is 0 Å². The minimum Gasteiger partial charge on any atom is -0.423 e. The molecular weight excluding hydrogens is 268 g/mol. The van der Waals surface area contributed by atoms with Crippen LogP contribution in [0.1, 0.15) is 44.9 Å². The van der Waals surface area contributed by atoms with Crippen molar-refractivity contribution in [3.8, 4) is 5.75 Å². The van der Waals surface area contributed by atoms with E-state index in [0.717, 1.165) is 0 Å². The molecule has 106 valence electrons. The molecule has 4 heteroatoms. The van der Waals surface area contributed by atoms with Crippen molar-refractivity contribution in [2.24, 2.45) is 0 Å². The fourth-order valence-electron chi connectivity index (χ4n) is 1.79. The van der Waals surface area contributed by atoms with Crippen LogP contribution in [0.25, 0.3) is 0 Å². The van der Waals surface area contributed by atoms with E-state index in [0.29, 0.717) is 22.4 Å². The molecule has 0 unspecified atom stereocenters. The van der Waals surface area contributed by atoms with Crippen molar-refractivity contribution in [2.75, 3.05) is 0 Å². The maximum absolute atomic E-state index is 12.0. The molecule has 0 heterocycles. The van der Waals surface area contributed by atoms with E-state index in [4.69, 9.17) is 4.74 Å². The summed E-state index contributed by atoms with van der Waals surface area (Å²) in [6.45, 7) is 2.90. The fourth-order valence-corrected chi connectivity index (χ4v) is 1.79. The number of carbonyl (C=O) groups is 3. The molecule has 0 N–H and O–H groups in total. The number of benzene rings is 2. The molecular formula is C17H14O4. The summed E-state index contributed by atoms with van der Waals surface area (Å²) in [5.74, 6) is -0.392. The summed E-state index contributed by atoms with van der Waals surface area (Å²) in [7, 11) is 0. The molecule has 0 aliphatic rings. The molecule has 4 nitrogen and oxygen atoms in total. The van der Waals surface area contributed by atoms with Crippen LogP contribution >= 0.6 is 0 Å². The monoisotopic (exact) mass is 282 g/mol. The number of esters is 1. The number of Topliss-reactive ketones (excluding diaryl/α,β-unsaturated/α-hetero) is 2. The van der Waals surface area contributed by atoms with Gasteiger partial charge in [0.05, 0.1) is 5.56 Å². The van der Waals surface area contributed by atoms with E-state index in [2.05, 4.69) is 0 Å². The lowest BCUT2D eigenvalue weighted by atomic mass is 10.1. The van der Waals surface area contributed by atoms with Crippen LogP contribution < -0.4 is 4.74 Å². The minimum atomic E-state index is -0.536. The number of rotatable bonds is 4. The van der Waals surface area contributed by atoms with E-state index in [9.17, 15) is 14.4 Å². The highest BCUT2D eigenvalue weighted by Gasteiger charge is 2.10. The summed E-state index contributed by atoms with van der Waals surface area (Å²) in [5.41, 5.74) is 1.35. The number of ketones is 2. The van der Waals surface area contributed by atoms with Gasteiger partial charge in [-0.3, -0.25) is 9.59 Å². The first-order valence-electron chi connectivity index (χ1n) is 6.41. The highest BCUT2D eigenvalue weighted by atomic mass is 16.5. The smallest absolute Gasteiger partial charge is 0.343 e. The zero-order chi connectivity index (χ0) is 15.4. The molecule has 0 spiro atoms. The van der Waals surface area contributed by atoms with Gasteiger partial charge in [-0.1, -0.05) is 24.3 Å². The summed E-state index contributed by atoms with van der Waals surface area (Å²) in [6, 6.07) is 12.6. The third-order valence-corrected chi connectivity index (χ3v) is 2.98. The second kappa shape index (κ2) is 6.13. The Morgan fingerprint density at radius 3 is 1.90 bits per heavy atom. The average molecular weight is 282 g/mol. The van der Waals surface area contributed by atoms with E-state index in [-0.39, 0.29) is 11.6 Å². The Bertz CT molecular complexity index is 699. The quantitative estimate of drug-likeness (QED) is 0.490. The Balaban J connectivity index is 2.16. The van der Waals surface area contributed by atoms with Crippen LogP contribution in [-0.4, -0.2) is 17.5 Å². The van der Waals surface area contributed by atoms with Crippen LogP contribution in [0.3, 0.4) is 0 Å². The SMILES string of the molecule is CC(=O)c1ccc(C(=O)Oc2cccc(C(C)=O)c2)cc1. The highest BCUT2D eigenvalue weighted by molar-refractivity contribution is 5.97. The van der Waals surface area contributed by atoms with Gasteiger partial charge < -0.3 is 4.74 Å². The van der Waals surface area contributed by atoms with Gasteiger partial charge in [0.15, 0.2) is 11.6 Å². The number of hydrogen-bond donors (Lipinski definition) is 0. The van der Waals surface area contributed by atoms with E-state index in [1.807, 2.05) is 0 Å². The molecule has 2 aromatic carbocycles. The molecule has 0 aliphatic carbocycles. The van der Waals surface area contributed by atoms with Gasteiger partial charge in [0.1, 0.15) is 5.75 Å². The molecule has 0 aliphatic heterocycles. The van der Waals surface area contributed by atoms with Gasteiger partial charge in [-0.25, -0.2) is 4.79 Å². The summed E-state index contributed by atoms with van der Waals surface area (Å²) in [4.78, 5) is 34.4. The number of carbonyl (C=O) groups excluding carboxylic acids is 3. The second-order valence-corrected chi connectivity index (χ2v) is 4.61. The Morgan fingerprint density at radius 2 is 1.33 bits per heavy atom. The molecule has 0 fully saturated rings. The maximum Gasteiger partial charge on any atom is 0.343 e. The summed E-state index contributed by atoms with van der Waals surface area (Å²) in [5, 5.41) is 0. The summed E-state index contributed by atoms with van der Waals surface area (Å²) in [6.07, 6.45) is 0. The largest absolute Gasteiger partial charge is 0.423 e. The van der Waals surface area contributed by atoms with Crippen molar-refractivity contribution in [2.45, 2.75) is 13.8 Å². The highest BCUT2D eigenvalue weighted by Crippen LogP contribution is 2.16. The predicted octanol–water partition coefficient (Wildman–Crippen LogP) is 3.31. The Morgan fingerprint density at radius 1 is 0.762 bits per heavy atom. The van der Waals surface area contributed by atoms with Gasteiger partial charge >= 0.3 is 5.97 Å². The van der Waals surface area contributed by atoms with Crippen LogP contribution in [0.5, 0.6) is 5.75 Å². The first-order chi connectivity index (χ1) is 9.97. The fraction of sp³-hybridized carbons (Fsp3) is 0.118. The van der Waals surface area contributed by atoms with Gasteiger partial charge in [0, 0.05) is 11.1 Å². The topological polar surface area (TPSA) is 60.4 Å². The molecule has 0 aromatic heterocycles. The van der Waals surface area contributed by atoms with E-state index < -0.39 is 5.97 Å². The average Bonchev–Trinajstić information content (AvgIpc) is 2.47. The third kappa shape index (κ3) is 3.63. The first kappa shape index (κ1) is 14.7. The Labute approximate surface area is 122 Å². The molecule has 0 amide bonds. The van der Waals surface area contributed by atoms with Crippen molar-refractivity contribution in [1.29, 1.82) is 0 Å². The third-order valence-electron chi connectivity index (χ3n) is 2.98. The molecule has 0 saturated carbocycles. The zero-order valence-corrected chi connectivity index (χ0v) is 11.8. The lowest BCUT2D eigenvalue weighted by Crippen LogP contribution is -2.09. The predicted molar refractivity (Wildman–Crippen MR) is 77.9 cm³/mol. The lowest BCUT2D eigenvalue weighted by Gasteiger charge is -2.06. The molecule has 0 radical (unpaired) electrons. The van der Waals surface area contributed by atoms with E-state index in [1.165, 1.54) is 32.0 Å². The van der Waals surface area contributed by atoms with E-state index >= 15 is 0 Å². The zero-order valence-electron chi connectivity index (χ0n) is 11.8. The normalized spacial score (nSPS) is 10.0. The Hall–Kier alpha value is -2.75. The molecule has 0 bridgehead atoms. The minimum absolute atomic E-state index is 0.0657. The second-order valence-electron chi connectivity index (χ2n) is 4.61. The van der Waals surface area contributed by atoms with E-state index in [1.54, 1.807) is 30.3 Å². The van der Waals surface area contributed by atoms with Crippen molar-refractivity contribution in [1.82, 2.24) is 0 Å². The van der Waals surface area contributed by atoms with Crippen LogP contribution in [0.15, 0.2) is 48.5 Å². The maximum atomic E-state index is 12.0. The number of ether oxygens (including phenoxy) is 1. The van der Waals surface area contributed by atoms with Gasteiger partial charge in [-0.15, -0.1) is 0 Å². The van der Waals surface area contributed by atoms with Gasteiger partial charge in [-0.05, 0) is 38.1 Å². The standard InChI is InChI=1S/C17H14O4/c1-11(18)13-6-8-14(9-7-13)17(20)21-16-5-3-4-15(10-16)12(2)19/h3-10H,1-2H3. The van der Waals surface area contributed by atoms with Gasteiger partial charge in [-0.2, -0.15) is 0 Å². The molecule has 2 rings (SSSR count). The Kier molecular flexibility index (Phi) is 4.28. The van der Waals surface area contributed by atoms with Gasteiger partial charge in [0.2, 0.25) is 0 Å². The molecule has 21 heavy (non-hydrogen) atoms. The molecule has 0 saturated heterocycles. The van der Waals surface area contributed by atoms with Crippen molar-refractivity contribution >= 4 is 17.5 Å². The van der Waals surface area contributed by atoms with Crippen molar-refractivity contribution in [3.63, 3.8) is 0 Å². The van der Waals surface area contributed by atoms with Crippen molar-refractivity contribution < 1.29 is 19.1 Å². The summed E-state index contributed by atoms with van der Waals surface area (Å²) < 4.78 is 5.22. The van der Waals surface area contributed by atoms with Gasteiger partial charge in [0.25, 0.3) is 0 Å². The number of hydrogen-bond acceptors (Lipinski definition) is 4.